The SMILES string of the molecule is CNC(=O)c1cc(S(=O)(=O)N2CC(C)CC(C)C2)cs1. The van der Waals surface area contributed by atoms with Crippen LogP contribution in [-0.4, -0.2) is 38.8 Å². The zero-order valence-corrected chi connectivity index (χ0v) is 13.6. The highest BCUT2D eigenvalue weighted by Crippen LogP contribution is 2.28. The average Bonchev–Trinajstić information content (AvgIpc) is 2.86. The number of carbonyl (C=O) groups is 1. The molecule has 5 nitrogen and oxygen atoms in total. The van der Waals surface area contributed by atoms with Crippen LogP contribution in [0.3, 0.4) is 0 Å². The van der Waals surface area contributed by atoms with Crippen LogP contribution in [-0.2, 0) is 10.0 Å². The molecule has 1 fully saturated rings. The predicted octanol–water partition coefficient (Wildman–Crippen LogP) is 1.77. The highest BCUT2D eigenvalue weighted by atomic mass is 32.2. The van der Waals surface area contributed by atoms with Crippen LogP contribution in [0.4, 0.5) is 0 Å². The number of piperidine rings is 1. The maximum atomic E-state index is 12.6. The van der Waals surface area contributed by atoms with Gasteiger partial charge in [0.2, 0.25) is 10.0 Å². The van der Waals surface area contributed by atoms with Crippen molar-refractivity contribution < 1.29 is 13.2 Å². The van der Waals surface area contributed by atoms with Crippen LogP contribution >= 0.6 is 11.3 Å². The number of hydrogen-bond donors (Lipinski definition) is 1. The zero-order valence-electron chi connectivity index (χ0n) is 11.9. The molecule has 1 aromatic heterocycles. The Kier molecular flexibility index (Phi) is 4.51. The van der Waals surface area contributed by atoms with Crippen molar-refractivity contribution in [2.45, 2.75) is 25.2 Å². The molecule has 0 aromatic carbocycles. The highest BCUT2D eigenvalue weighted by molar-refractivity contribution is 7.89. The number of carbonyl (C=O) groups excluding carboxylic acids is 1. The van der Waals surface area contributed by atoms with Gasteiger partial charge in [-0.25, -0.2) is 8.42 Å². The Balaban J connectivity index is 2.26. The number of thiophene rings is 1. The van der Waals surface area contributed by atoms with E-state index in [1.54, 1.807) is 9.69 Å². The molecule has 0 saturated carbocycles. The monoisotopic (exact) mass is 316 g/mol. The molecule has 1 aromatic rings. The van der Waals surface area contributed by atoms with Gasteiger partial charge in [0.25, 0.3) is 5.91 Å². The lowest BCUT2D eigenvalue weighted by atomic mass is 9.94. The van der Waals surface area contributed by atoms with Crippen molar-refractivity contribution in [2.75, 3.05) is 20.1 Å². The molecule has 2 atom stereocenters. The first kappa shape index (κ1) is 15.5. The Hall–Kier alpha value is -0.920. The number of rotatable bonds is 3. The van der Waals surface area contributed by atoms with Gasteiger partial charge in [0.1, 0.15) is 0 Å². The van der Waals surface area contributed by atoms with E-state index in [0.29, 0.717) is 29.8 Å². The predicted molar refractivity (Wildman–Crippen MR) is 79.4 cm³/mol. The summed E-state index contributed by atoms with van der Waals surface area (Å²) in [7, 11) is -1.95. The zero-order chi connectivity index (χ0) is 14.9. The Bertz CT molecular complexity index is 585. The van der Waals surface area contributed by atoms with Gasteiger partial charge in [-0.05, 0) is 24.3 Å². The lowest BCUT2D eigenvalue weighted by molar-refractivity contribution is 0.0967. The first-order valence-electron chi connectivity index (χ1n) is 6.65. The highest BCUT2D eigenvalue weighted by Gasteiger charge is 2.32. The Morgan fingerprint density at radius 1 is 1.35 bits per heavy atom. The summed E-state index contributed by atoms with van der Waals surface area (Å²) in [6, 6.07) is 1.46. The summed E-state index contributed by atoms with van der Waals surface area (Å²) in [5, 5.41) is 4.05. The van der Waals surface area contributed by atoms with Crippen molar-refractivity contribution in [1.82, 2.24) is 9.62 Å². The van der Waals surface area contributed by atoms with Crippen molar-refractivity contribution in [3.05, 3.63) is 16.3 Å². The van der Waals surface area contributed by atoms with Crippen LogP contribution in [0.25, 0.3) is 0 Å². The summed E-state index contributed by atoms with van der Waals surface area (Å²) in [4.78, 5) is 12.2. The van der Waals surface area contributed by atoms with Gasteiger partial charge in [0, 0.05) is 25.5 Å². The van der Waals surface area contributed by atoms with Gasteiger partial charge >= 0.3 is 0 Å². The smallest absolute Gasteiger partial charge is 0.261 e. The fraction of sp³-hybridized carbons (Fsp3) is 0.615. The number of nitrogens with one attached hydrogen (secondary N) is 1. The summed E-state index contributed by atoms with van der Waals surface area (Å²) in [6.07, 6.45) is 1.05. The van der Waals surface area contributed by atoms with Gasteiger partial charge in [0.15, 0.2) is 0 Å². The minimum Gasteiger partial charge on any atom is -0.354 e. The van der Waals surface area contributed by atoms with E-state index in [-0.39, 0.29) is 10.8 Å². The van der Waals surface area contributed by atoms with Crippen molar-refractivity contribution in [3.63, 3.8) is 0 Å². The normalized spacial score (nSPS) is 24.6. The van der Waals surface area contributed by atoms with E-state index in [1.165, 1.54) is 13.1 Å². The molecule has 1 N–H and O–H groups in total. The molecule has 0 aliphatic carbocycles. The molecular weight excluding hydrogens is 296 g/mol. The van der Waals surface area contributed by atoms with Crippen LogP contribution in [0.15, 0.2) is 16.3 Å². The molecule has 7 heteroatoms. The van der Waals surface area contributed by atoms with Crippen LogP contribution in [0.1, 0.15) is 29.9 Å². The molecule has 0 bridgehead atoms. The second-order valence-corrected chi connectivity index (χ2v) is 8.34. The molecule has 0 spiro atoms. The summed E-state index contributed by atoms with van der Waals surface area (Å²) < 4.78 is 26.8. The van der Waals surface area contributed by atoms with Crippen molar-refractivity contribution in [1.29, 1.82) is 0 Å². The molecule has 112 valence electrons. The maximum absolute atomic E-state index is 12.6. The van der Waals surface area contributed by atoms with Crippen molar-refractivity contribution in [3.8, 4) is 0 Å². The standard InChI is InChI=1S/C13H20N2O3S2/c1-9-4-10(2)7-15(6-9)20(17,18)11-5-12(19-8-11)13(16)14-3/h5,8-10H,4,6-7H2,1-3H3,(H,14,16). The number of amides is 1. The lowest BCUT2D eigenvalue weighted by Crippen LogP contribution is -2.42. The van der Waals surface area contributed by atoms with Gasteiger partial charge in [0.05, 0.1) is 9.77 Å². The molecule has 1 amide bonds. The van der Waals surface area contributed by atoms with Gasteiger partial charge in [-0.1, -0.05) is 13.8 Å². The van der Waals surface area contributed by atoms with Gasteiger partial charge in [-0.3, -0.25) is 4.79 Å². The van der Waals surface area contributed by atoms with Crippen LogP contribution in [0, 0.1) is 11.8 Å². The van der Waals surface area contributed by atoms with E-state index in [4.69, 9.17) is 0 Å². The number of sulfonamides is 1. The molecule has 1 saturated heterocycles. The average molecular weight is 316 g/mol. The van der Waals surface area contributed by atoms with Crippen LogP contribution in [0.5, 0.6) is 0 Å². The van der Waals surface area contributed by atoms with E-state index in [9.17, 15) is 13.2 Å². The Morgan fingerprint density at radius 2 is 1.95 bits per heavy atom. The Labute approximate surface area is 124 Å². The third kappa shape index (κ3) is 3.05. The first-order chi connectivity index (χ1) is 9.34. The van der Waals surface area contributed by atoms with Crippen LogP contribution < -0.4 is 5.32 Å². The van der Waals surface area contributed by atoms with Gasteiger partial charge in [-0.2, -0.15) is 4.31 Å². The lowest BCUT2D eigenvalue weighted by Gasteiger charge is -2.33. The fourth-order valence-corrected chi connectivity index (χ4v) is 5.53. The minimum atomic E-state index is -3.49. The van der Waals surface area contributed by atoms with Gasteiger partial charge < -0.3 is 5.32 Å². The minimum absolute atomic E-state index is 0.224. The maximum Gasteiger partial charge on any atom is 0.261 e. The molecule has 20 heavy (non-hydrogen) atoms. The Morgan fingerprint density at radius 3 is 2.50 bits per heavy atom. The molecule has 2 heterocycles. The molecule has 1 aliphatic rings. The second-order valence-electron chi connectivity index (χ2n) is 5.49. The molecule has 2 unspecified atom stereocenters. The number of hydrogen-bond acceptors (Lipinski definition) is 4. The summed E-state index contributed by atoms with van der Waals surface area (Å²) in [5.41, 5.74) is 0. The quantitative estimate of drug-likeness (QED) is 0.924. The third-order valence-corrected chi connectivity index (χ3v) is 6.39. The molecular formula is C13H20N2O3S2. The van der Waals surface area contributed by atoms with Crippen molar-refractivity contribution >= 4 is 27.3 Å². The van der Waals surface area contributed by atoms with Crippen molar-refractivity contribution in [2.24, 2.45) is 11.8 Å². The van der Waals surface area contributed by atoms with E-state index >= 15 is 0 Å². The van der Waals surface area contributed by atoms with E-state index in [1.807, 2.05) is 0 Å². The molecule has 0 radical (unpaired) electrons. The van der Waals surface area contributed by atoms with Gasteiger partial charge in [-0.15, -0.1) is 11.3 Å². The van der Waals surface area contributed by atoms with Crippen LogP contribution in [0.2, 0.25) is 0 Å². The summed E-state index contributed by atoms with van der Waals surface area (Å²) in [5.74, 6) is 0.480. The largest absolute Gasteiger partial charge is 0.354 e. The third-order valence-electron chi connectivity index (χ3n) is 3.50. The molecule has 1 aliphatic heterocycles. The summed E-state index contributed by atoms with van der Waals surface area (Å²) >= 11 is 1.16. The fourth-order valence-electron chi connectivity index (χ4n) is 2.65. The van der Waals surface area contributed by atoms with E-state index in [0.717, 1.165) is 17.8 Å². The van der Waals surface area contributed by atoms with E-state index in [2.05, 4.69) is 19.2 Å². The second kappa shape index (κ2) is 5.83. The summed E-state index contributed by atoms with van der Waals surface area (Å²) in [6.45, 7) is 5.25. The van der Waals surface area contributed by atoms with E-state index < -0.39 is 10.0 Å². The molecule has 2 rings (SSSR count). The number of nitrogens with zero attached hydrogens (tertiary/aromatic N) is 1. The topological polar surface area (TPSA) is 66.5 Å². The first-order valence-corrected chi connectivity index (χ1v) is 8.97.